The average Bonchev–Trinajstić information content (AvgIpc) is 2.53. The lowest BCUT2D eigenvalue weighted by atomic mass is 10.0. The molecule has 0 radical (unpaired) electrons. The molecule has 0 aromatic rings. The van der Waals surface area contributed by atoms with Gasteiger partial charge in [-0.1, -0.05) is 27.7 Å². The molecule has 1 unspecified atom stereocenters. The molecule has 0 saturated heterocycles. The van der Waals surface area contributed by atoms with Crippen molar-refractivity contribution in [2.75, 3.05) is 26.2 Å². The van der Waals surface area contributed by atoms with Gasteiger partial charge in [0, 0.05) is 12.7 Å². The fourth-order valence-electron chi connectivity index (χ4n) is 2.20. The zero-order valence-electron chi connectivity index (χ0n) is 15.1. The third kappa shape index (κ3) is 9.16. The van der Waals surface area contributed by atoms with E-state index in [2.05, 4.69) is 29.4 Å². The highest BCUT2D eigenvalue weighted by Crippen LogP contribution is 2.06. The van der Waals surface area contributed by atoms with E-state index < -0.39 is 17.9 Å². The number of nitriles is 1. The zero-order chi connectivity index (χ0) is 18.5. The fourth-order valence-corrected chi connectivity index (χ4v) is 2.20. The van der Waals surface area contributed by atoms with Crippen LogP contribution in [-0.2, 0) is 9.59 Å². The first-order valence-electron chi connectivity index (χ1n) is 8.45. The molecule has 0 aromatic heterocycles. The molecule has 24 heavy (non-hydrogen) atoms. The Morgan fingerprint density at radius 3 is 2.38 bits per heavy atom. The molecule has 0 spiro atoms. The molecule has 0 heterocycles. The lowest BCUT2D eigenvalue weighted by Crippen LogP contribution is -2.42. The van der Waals surface area contributed by atoms with E-state index in [1.165, 1.54) is 6.20 Å². The van der Waals surface area contributed by atoms with E-state index in [1.807, 2.05) is 13.8 Å². The van der Waals surface area contributed by atoms with Gasteiger partial charge in [-0.05, 0) is 38.4 Å². The number of nitrogens with one attached hydrogen (secondary N) is 2. The van der Waals surface area contributed by atoms with Crippen LogP contribution in [0, 0.1) is 17.2 Å². The predicted octanol–water partition coefficient (Wildman–Crippen LogP) is 1.33. The van der Waals surface area contributed by atoms with E-state index in [0.717, 1.165) is 26.1 Å². The second kappa shape index (κ2) is 12.4. The molecule has 7 nitrogen and oxygen atoms in total. The summed E-state index contributed by atoms with van der Waals surface area (Å²) in [6.45, 7) is 11.5. The Bertz CT molecular complexity index is 465. The Morgan fingerprint density at radius 1 is 1.29 bits per heavy atom. The van der Waals surface area contributed by atoms with Crippen LogP contribution >= 0.6 is 0 Å². The Balaban J connectivity index is 4.47. The first-order valence-corrected chi connectivity index (χ1v) is 8.45. The summed E-state index contributed by atoms with van der Waals surface area (Å²) in [4.78, 5) is 25.5. The molecule has 0 rings (SSSR count). The highest BCUT2D eigenvalue weighted by molar-refractivity contribution is 5.99. The van der Waals surface area contributed by atoms with E-state index >= 15 is 0 Å². The summed E-state index contributed by atoms with van der Waals surface area (Å²) in [6, 6.07) is 0.816. The van der Waals surface area contributed by atoms with Crippen molar-refractivity contribution in [2.24, 2.45) is 5.92 Å². The number of carboxylic acid groups (broad SMARTS) is 1. The van der Waals surface area contributed by atoms with Gasteiger partial charge in [-0.2, -0.15) is 5.26 Å². The number of amides is 1. The SMILES string of the molecule is CCN(CC)CCCN/C=C(/C#N)C(=O)NC(CC(C)C)C(=O)O. The summed E-state index contributed by atoms with van der Waals surface area (Å²) in [5.74, 6) is -1.64. The van der Waals surface area contributed by atoms with Gasteiger partial charge in [0.2, 0.25) is 0 Å². The van der Waals surface area contributed by atoms with Gasteiger partial charge in [-0.15, -0.1) is 0 Å². The Labute approximate surface area is 144 Å². The van der Waals surface area contributed by atoms with Gasteiger partial charge in [0.05, 0.1) is 0 Å². The smallest absolute Gasteiger partial charge is 0.326 e. The number of carboxylic acids is 1. The maximum atomic E-state index is 12.0. The van der Waals surface area contributed by atoms with Crippen molar-refractivity contribution in [3.05, 3.63) is 11.8 Å². The van der Waals surface area contributed by atoms with Crippen LogP contribution in [0.3, 0.4) is 0 Å². The molecular weight excluding hydrogens is 308 g/mol. The van der Waals surface area contributed by atoms with Gasteiger partial charge >= 0.3 is 5.97 Å². The van der Waals surface area contributed by atoms with Crippen LogP contribution in [0.1, 0.15) is 40.5 Å². The van der Waals surface area contributed by atoms with Crippen molar-refractivity contribution in [1.82, 2.24) is 15.5 Å². The topological polar surface area (TPSA) is 105 Å². The average molecular weight is 338 g/mol. The highest BCUT2D eigenvalue weighted by atomic mass is 16.4. The minimum atomic E-state index is -1.10. The van der Waals surface area contributed by atoms with Crippen LogP contribution in [0.2, 0.25) is 0 Å². The first kappa shape index (κ1) is 21.9. The number of nitrogens with zero attached hydrogens (tertiary/aromatic N) is 2. The lowest BCUT2D eigenvalue weighted by molar-refractivity contribution is -0.141. The maximum Gasteiger partial charge on any atom is 0.326 e. The summed E-state index contributed by atoms with van der Waals surface area (Å²) < 4.78 is 0. The minimum Gasteiger partial charge on any atom is -0.480 e. The van der Waals surface area contributed by atoms with Crippen molar-refractivity contribution < 1.29 is 14.7 Å². The molecule has 0 bridgehead atoms. The second-order valence-electron chi connectivity index (χ2n) is 6.00. The van der Waals surface area contributed by atoms with Crippen LogP contribution in [0.15, 0.2) is 11.8 Å². The van der Waals surface area contributed by atoms with Crippen molar-refractivity contribution >= 4 is 11.9 Å². The number of hydrogen-bond acceptors (Lipinski definition) is 5. The van der Waals surface area contributed by atoms with E-state index in [9.17, 15) is 9.59 Å². The van der Waals surface area contributed by atoms with Gasteiger partial charge in [0.25, 0.3) is 5.91 Å². The molecule has 0 aromatic carbocycles. The van der Waals surface area contributed by atoms with Gasteiger partial charge in [0.15, 0.2) is 0 Å². The normalized spacial score (nSPS) is 12.8. The first-order chi connectivity index (χ1) is 11.3. The van der Waals surface area contributed by atoms with E-state index in [-0.39, 0.29) is 11.5 Å². The molecule has 136 valence electrons. The lowest BCUT2D eigenvalue weighted by Gasteiger charge is -2.17. The Hall–Kier alpha value is -2.07. The van der Waals surface area contributed by atoms with Crippen molar-refractivity contribution in [2.45, 2.75) is 46.6 Å². The summed E-state index contributed by atoms with van der Waals surface area (Å²) in [5.41, 5.74) is -0.118. The number of rotatable bonds is 12. The van der Waals surface area contributed by atoms with Gasteiger partial charge in [0.1, 0.15) is 17.7 Å². The fraction of sp³-hybridized carbons (Fsp3) is 0.706. The van der Waals surface area contributed by atoms with E-state index in [1.54, 1.807) is 6.07 Å². The number of carbonyl (C=O) groups is 2. The van der Waals surface area contributed by atoms with Crippen molar-refractivity contribution in [3.8, 4) is 6.07 Å². The highest BCUT2D eigenvalue weighted by Gasteiger charge is 2.22. The van der Waals surface area contributed by atoms with E-state index in [4.69, 9.17) is 10.4 Å². The summed E-state index contributed by atoms with van der Waals surface area (Å²) in [5, 5.41) is 23.6. The van der Waals surface area contributed by atoms with Gasteiger partial charge < -0.3 is 20.6 Å². The van der Waals surface area contributed by atoms with Crippen molar-refractivity contribution in [1.29, 1.82) is 5.26 Å². The maximum absolute atomic E-state index is 12.0. The van der Waals surface area contributed by atoms with Gasteiger partial charge in [-0.25, -0.2) is 4.79 Å². The third-order valence-corrected chi connectivity index (χ3v) is 3.61. The Morgan fingerprint density at radius 2 is 1.92 bits per heavy atom. The summed E-state index contributed by atoms with van der Waals surface area (Å²) in [6.07, 6.45) is 2.56. The standard InChI is InChI=1S/C17H30N4O3/c1-5-21(6-2)9-7-8-19-12-14(11-18)16(22)20-15(17(23)24)10-13(3)4/h12-13,15,19H,5-10H2,1-4H3,(H,20,22)(H,23,24)/b14-12-. The molecule has 0 aliphatic heterocycles. The van der Waals surface area contributed by atoms with Crippen LogP contribution in [0.25, 0.3) is 0 Å². The quantitative estimate of drug-likeness (QED) is 0.282. The predicted molar refractivity (Wildman–Crippen MR) is 93.1 cm³/mol. The second-order valence-corrected chi connectivity index (χ2v) is 6.00. The zero-order valence-corrected chi connectivity index (χ0v) is 15.1. The molecule has 0 saturated carbocycles. The molecular formula is C17H30N4O3. The number of hydrogen-bond donors (Lipinski definition) is 3. The van der Waals surface area contributed by atoms with Crippen LogP contribution in [0.5, 0.6) is 0 Å². The van der Waals surface area contributed by atoms with Crippen LogP contribution < -0.4 is 10.6 Å². The summed E-state index contributed by atoms with van der Waals surface area (Å²) in [7, 11) is 0. The molecule has 0 aliphatic carbocycles. The molecule has 1 atom stereocenters. The van der Waals surface area contributed by atoms with Crippen molar-refractivity contribution in [3.63, 3.8) is 0 Å². The Kier molecular flexibility index (Phi) is 11.3. The van der Waals surface area contributed by atoms with Crippen LogP contribution in [0.4, 0.5) is 0 Å². The molecule has 0 aliphatic rings. The molecule has 7 heteroatoms. The molecule has 3 N–H and O–H groups in total. The van der Waals surface area contributed by atoms with Gasteiger partial charge in [-0.3, -0.25) is 4.79 Å². The number of aliphatic carboxylic acids is 1. The third-order valence-electron chi connectivity index (χ3n) is 3.61. The number of carbonyl (C=O) groups excluding carboxylic acids is 1. The van der Waals surface area contributed by atoms with E-state index in [0.29, 0.717) is 13.0 Å². The van der Waals surface area contributed by atoms with Crippen LogP contribution in [-0.4, -0.2) is 54.1 Å². The largest absolute Gasteiger partial charge is 0.480 e. The summed E-state index contributed by atoms with van der Waals surface area (Å²) >= 11 is 0. The molecule has 0 fully saturated rings. The molecule has 1 amide bonds. The minimum absolute atomic E-state index is 0.118. The monoisotopic (exact) mass is 338 g/mol.